The Morgan fingerprint density at radius 3 is 1.77 bits per heavy atom. The summed E-state index contributed by atoms with van der Waals surface area (Å²) < 4.78 is 15.9. The van der Waals surface area contributed by atoms with Crippen molar-refractivity contribution < 1.29 is 8.85 Å². The fourth-order valence-corrected chi connectivity index (χ4v) is 15.7. The van der Waals surface area contributed by atoms with Gasteiger partial charge in [0.25, 0.3) is 0 Å². The van der Waals surface area contributed by atoms with E-state index in [0.717, 1.165) is 13.2 Å². The van der Waals surface area contributed by atoms with Gasteiger partial charge in [0.1, 0.15) is 0 Å². The van der Waals surface area contributed by atoms with Crippen LogP contribution in [0.1, 0.15) is 79.1 Å². The first-order valence-electron chi connectivity index (χ1n) is 10.0. The predicted molar refractivity (Wildman–Crippen MR) is 105 cm³/mol. The molecule has 2 nitrogen and oxygen atoms in total. The van der Waals surface area contributed by atoms with Crippen LogP contribution in [0.25, 0.3) is 0 Å². The Labute approximate surface area is 149 Å². The number of rotatable bonds is 11. The number of hydrogen-bond donors (Lipinski definition) is 0. The van der Waals surface area contributed by atoms with Crippen LogP contribution in [0.15, 0.2) is 0 Å². The van der Waals surface area contributed by atoms with E-state index in [2.05, 4.69) is 20.8 Å². The van der Waals surface area contributed by atoms with Crippen molar-refractivity contribution in [3.05, 3.63) is 0 Å². The molecule has 0 amide bonds. The van der Waals surface area contributed by atoms with Gasteiger partial charge in [0, 0.05) is 13.2 Å². The molecule has 1 fully saturated rings. The summed E-state index contributed by atoms with van der Waals surface area (Å²) in [7, 11) is -1.13. The minimum Gasteiger partial charge on any atom is -0.397 e. The van der Waals surface area contributed by atoms with Crippen LogP contribution in [0.3, 0.4) is 0 Å². The standard InChI is InChI=1S/C6H14O2Si.3C4H9.Sn.H/c1-2-7-9-6-4-3-5-8-9;3*1-3-4-2;;/h9H,2-6H2,1H3;3*1,3-4H2,2H3;;. The van der Waals surface area contributed by atoms with E-state index in [0.29, 0.717) is 0 Å². The second-order valence-electron chi connectivity index (χ2n) is 6.54. The summed E-state index contributed by atoms with van der Waals surface area (Å²) in [5.74, 6) is 0. The molecule has 1 aliphatic heterocycles. The number of hydrogen-bond acceptors (Lipinski definition) is 2. The SMILES string of the molecule is CCC[CH2][SnH]([CH2]CCC)[CH2]CCC.CCO[SiH]1CCCCO1. The first-order valence-corrected chi connectivity index (χ1v) is 18.8. The van der Waals surface area contributed by atoms with Gasteiger partial charge in [-0.3, -0.25) is 0 Å². The zero-order chi connectivity index (χ0) is 16.5. The van der Waals surface area contributed by atoms with Crippen LogP contribution < -0.4 is 0 Å². The van der Waals surface area contributed by atoms with E-state index in [-0.39, 0.29) is 0 Å². The van der Waals surface area contributed by atoms with Gasteiger partial charge in [-0.05, 0) is 25.8 Å². The second-order valence-corrected chi connectivity index (χ2v) is 18.5. The third kappa shape index (κ3) is 14.5. The third-order valence-corrected chi connectivity index (χ3v) is 17.1. The van der Waals surface area contributed by atoms with Gasteiger partial charge in [0.05, 0.1) is 0 Å². The van der Waals surface area contributed by atoms with Crippen molar-refractivity contribution >= 4 is 29.0 Å². The molecule has 0 bridgehead atoms. The van der Waals surface area contributed by atoms with Crippen LogP contribution in [0.2, 0.25) is 19.4 Å². The minimum absolute atomic E-state index is 0.830. The van der Waals surface area contributed by atoms with Crippen LogP contribution in [0, 0.1) is 0 Å². The van der Waals surface area contributed by atoms with Gasteiger partial charge in [-0.15, -0.1) is 0 Å². The van der Waals surface area contributed by atoms with Crippen LogP contribution in [0.5, 0.6) is 0 Å². The fourth-order valence-electron chi connectivity index (χ4n) is 2.94. The summed E-state index contributed by atoms with van der Waals surface area (Å²) >= 11 is -0.967. The molecule has 0 aromatic carbocycles. The van der Waals surface area contributed by atoms with Crippen molar-refractivity contribution in [2.75, 3.05) is 13.2 Å². The Balaban J connectivity index is 0.000000425. The molecular formula is C18H42O2SiSn. The zero-order valence-electron chi connectivity index (χ0n) is 15.9. The summed E-state index contributed by atoms with van der Waals surface area (Å²) in [5.41, 5.74) is 0. The molecular weight excluding hydrogens is 395 g/mol. The molecule has 0 saturated carbocycles. The molecule has 0 aliphatic carbocycles. The fraction of sp³-hybridized carbons (Fsp3) is 1.00. The molecule has 1 aliphatic rings. The topological polar surface area (TPSA) is 18.5 Å². The molecule has 0 aromatic rings. The molecule has 0 spiro atoms. The van der Waals surface area contributed by atoms with Crippen molar-refractivity contribution in [1.29, 1.82) is 0 Å². The van der Waals surface area contributed by atoms with Crippen LogP contribution in [0.4, 0.5) is 0 Å². The van der Waals surface area contributed by atoms with Crippen molar-refractivity contribution in [1.82, 2.24) is 0 Å². The quantitative estimate of drug-likeness (QED) is 0.388. The monoisotopic (exact) mass is 438 g/mol. The Morgan fingerprint density at radius 2 is 1.41 bits per heavy atom. The summed E-state index contributed by atoms with van der Waals surface area (Å²) in [4.78, 5) is 0. The van der Waals surface area contributed by atoms with E-state index in [4.69, 9.17) is 8.85 Å². The molecule has 0 N–H and O–H groups in total. The average Bonchev–Trinajstić information content (AvgIpc) is 2.56. The predicted octanol–water partition coefficient (Wildman–Crippen LogP) is 5.67. The van der Waals surface area contributed by atoms with E-state index in [1.807, 2.05) is 6.92 Å². The summed E-state index contributed by atoms with van der Waals surface area (Å²) in [5, 5.41) is 0. The van der Waals surface area contributed by atoms with Gasteiger partial charge in [-0.1, -0.05) is 0 Å². The van der Waals surface area contributed by atoms with Crippen LogP contribution in [-0.4, -0.2) is 42.3 Å². The van der Waals surface area contributed by atoms with E-state index in [9.17, 15) is 0 Å². The van der Waals surface area contributed by atoms with E-state index >= 15 is 0 Å². The molecule has 4 heteroatoms. The Kier molecular flexibility index (Phi) is 19.1. The maximum absolute atomic E-state index is 5.44. The van der Waals surface area contributed by atoms with Crippen LogP contribution in [-0.2, 0) is 8.85 Å². The Bertz CT molecular complexity index is 189. The largest absolute Gasteiger partial charge is 0.397 e. The first-order chi connectivity index (χ1) is 10.8. The molecule has 22 heavy (non-hydrogen) atoms. The Morgan fingerprint density at radius 1 is 0.864 bits per heavy atom. The number of unbranched alkanes of at least 4 members (excludes halogenated alkanes) is 3. The third-order valence-electron chi connectivity index (χ3n) is 4.39. The van der Waals surface area contributed by atoms with Gasteiger partial charge in [0.2, 0.25) is 0 Å². The van der Waals surface area contributed by atoms with E-state index < -0.39 is 29.0 Å². The molecule has 1 unspecified atom stereocenters. The van der Waals surface area contributed by atoms with E-state index in [1.54, 1.807) is 13.3 Å². The van der Waals surface area contributed by atoms with Crippen molar-refractivity contribution in [3.63, 3.8) is 0 Å². The molecule has 1 atom stereocenters. The van der Waals surface area contributed by atoms with Crippen molar-refractivity contribution in [2.24, 2.45) is 0 Å². The molecule has 0 aromatic heterocycles. The zero-order valence-corrected chi connectivity index (χ0v) is 20.3. The average molecular weight is 437 g/mol. The van der Waals surface area contributed by atoms with Crippen molar-refractivity contribution in [3.8, 4) is 0 Å². The smallest absolute Gasteiger partial charge is 0.321 e. The van der Waals surface area contributed by atoms with Gasteiger partial charge < -0.3 is 8.85 Å². The van der Waals surface area contributed by atoms with E-state index in [1.165, 1.54) is 57.4 Å². The summed E-state index contributed by atoms with van der Waals surface area (Å²) in [6, 6.07) is 1.22. The Hall–Kier alpha value is 0.936. The molecule has 134 valence electrons. The summed E-state index contributed by atoms with van der Waals surface area (Å²) in [6.07, 6.45) is 11.4. The van der Waals surface area contributed by atoms with Gasteiger partial charge in [-0.25, -0.2) is 0 Å². The first kappa shape index (κ1) is 22.9. The molecule has 0 radical (unpaired) electrons. The minimum atomic E-state index is -1.13. The van der Waals surface area contributed by atoms with Gasteiger partial charge >= 0.3 is 102 Å². The van der Waals surface area contributed by atoms with Gasteiger partial charge in [-0.2, -0.15) is 0 Å². The molecule has 1 saturated heterocycles. The maximum Gasteiger partial charge on any atom is 0.321 e. The van der Waals surface area contributed by atoms with Crippen molar-refractivity contribution in [2.45, 2.75) is 98.4 Å². The second kappa shape index (κ2) is 18.3. The normalized spacial score (nSPS) is 18.1. The maximum atomic E-state index is 5.44. The van der Waals surface area contributed by atoms with Gasteiger partial charge in [0.15, 0.2) is 0 Å². The molecule has 1 heterocycles. The molecule has 1 rings (SSSR count). The summed E-state index contributed by atoms with van der Waals surface area (Å²) in [6.45, 7) is 10.8. The van der Waals surface area contributed by atoms with Crippen LogP contribution >= 0.6 is 0 Å².